The van der Waals surface area contributed by atoms with E-state index in [0.717, 1.165) is 37.7 Å². The second-order valence-electron chi connectivity index (χ2n) is 9.92. The maximum absolute atomic E-state index is 12.8. The summed E-state index contributed by atoms with van der Waals surface area (Å²) in [4.78, 5) is 25.8. The molecule has 0 bridgehead atoms. The maximum Gasteiger partial charge on any atom is 0.410 e. The molecule has 1 atom stereocenters. The lowest BCUT2D eigenvalue weighted by atomic mass is 9.92. The Morgan fingerprint density at radius 1 is 1.09 bits per heavy atom. The molecule has 0 saturated heterocycles. The van der Waals surface area contributed by atoms with Crippen LogP contribution in [0.2, 0.25) is 0 Å². The van der Waals surface area contributed by atoms with E-state index in [1.54, 1.807) is 11.8 Å². The van der Waals surface area contributed by atoms with Crippen molar-refractivity contribution in [3.63, 3.8) is 0 Å². The van der Waals surface area contributed by atoms with E-state index in [1.807, 2.05) is 24.3 Å². The van der Waals surface area contributed by atoms with Crippen LogP contribution in [0.15, 0.2) is 24.3 Å². The van der Waals surface area contributed by atoms with Crippen molar-refractivity contribution in [1.82, 2.24) is 4.90 Å². The van der Waals surface area contributed by atoms with E-state index in [9.17, 15) is 14.7 Å². The number of carboxylic acids is 1. The Kier molecular flexibility index (Phi) is 11.0. The summed E-state index contributed by atoms with van der Waals surface area (Å²) in [6.45, 7) is 10.1. The van der Waals surface area contributed by atoms with Crippen LogP contribution < -0.4 is 4.74 Å². The summed E-state index contributed by atoms with van der Waals surface area (Å²) in [7, 11) is 0. The van der Waals surface area contributed by atoms with E-state index in [1.165, 1.54) is 6.42 Å². The van der Waals surface area contributed by atoms with Gasteiger partial charge in [-0.15, -0.1) is 0 Å². The van der Waals surface area contributed by atoms with Crippen LogP contribution in [0.5, 0.6) is 5.75 Å². The zero-order valence-electron chi connectivity index (χ0n) is 20.7. The molecule has 1 aromatic carbocycles. The van der Waals surface area contributed by atoms with Gasteiger partial charge in [0, 0.05) is 19.6 Å². The highest BCUT2D eigenvalue weighted by Gasteiger charge is 2.23. The van der Waals surface area contributed by atoms with Crippen LogP contribution in [0.1, 0.15) is 71.8 Å². The van der Waals surface area contributed by atoms with Gasteiger partial charge >= 0.3 is 12.1 Å². The molecule has 1 amide bonds. The van der Waals surface area contributed by atoms with Gasteiger partial charge in [0.1, 0.15) is 18.5 Å². The van der Waals surface area contributed by atoms with Crippen LogP contribution in [0.25, 0.3) is 0 Å². The first-order chi connectivity index (χ1) is 15.7. The summed E-state index contributed by atoms with van der Waals surface area (Å²) in [5.74, 6) is -0.286. The zero-order chi connectivity index (χ0) is 24.3. The first-order valence-electron chi connectivity index (χ1n) is 12.2. The summed E-state index contributed by atoms with van der Waals surface area (Å²) in [5.41, 5.74) is 0.987. The quantitative estimate of drug-likeness (QED) is 0.452. The standard InChI is InChI=1S/C26H41NO6/c1-5-31-23(24(28)29)19-20-11-13-21(14-12-20)32-18-17-27(16-15-26(2,3)4)25(30)33-22-9-7-6-8-10-22/h11-14,22-23H,5-10,15-19H2,1-4H3,(H,28,29). The Balaban J connectivity index is 1.87. The van der Waals surface area contributed by atoms with Crippen molar-refractivity contribution in [2.45, 2.75) is 84.8 Å². The van der Waals surface area contributed by atoms with Crippen molar-refractivity contribution < 1.29 is 28.9 Å². The van der Waals surface area contributed by atoms with Gasteiger partial charge in [-0.25, -0.2) is 9.59 Å². The number of aliphatic carboxylic acids is 1. The molecule has 1 N–H and O–H groups in total. The Morgan fingerprint density at radius 2 is 1.76 bits per heavy atom. The molecule has 7 heteroatoms. The lowest BCUT2D eigenvalue weighted by Crippen LogP contribution is -2.39. The normalized spacial score (nSPS) is 15.6. The fourth-order valence-corrected chi connectivity index (χ4v) is 3.79. The highest BCUT2D eigenvalue weighted by Crippen LogP contribution is 2.23. The lowest BCUT2D eigenvalue weighted by Gasteiger charge is -2.29. The van der Waals surface area contributed by atoms with E-state index in [0.29, 0.717) is 38.5 Å². The molecule has 1 aliphatic rings. The van der Waals surface area contributed by atoms with Crippen LogP contribution >= 0.6 is 0 Å². The SMILES string of the molecule is CCOC(Cc1ccc(OCCN(CCC(C)(C)C)C(=O)OC2CCCCC2)cc1)C(=O)O. The average Bonchev–Trinajstić information content (AvgIpc) is 2.76. The van der Waals surface area contributed by atoms with Gasteiger partial charge in [0.15, 0.2) is 6.10 Å². The fourth-order valence-electron chi connectivity index (χ4n) is 3.79. The van der Waals surface area contributed by atoms with Gasteiger partial charge in [0.25, 0.3) is 0 Å². The second kappa shape index (κ2) is 13.4. The lowest BCUT2D eigenvalue weighted by molar-refractivity contribution is -0.149. The monoisotopic (exact) mass is 463 g/mol. The number of rotatable bonds is 12. The zero-order valence-corrected chi connectivity index (χ0v) is 20.7. The largest absolute Gasteiger partial charge is 0.492 e. The molecular formula is C26H41NO6. The van der Waals surface area contributed by atoms with Crippen LogP contribution in [-0.4, -0.2) is 60.6 Å². The van der Waals surface area contributed by atoms with Gasteiger partial charge in [-0.2, -0.15) is 0 Å². The molecule has 0 spiro atoms. The summed E-state index contributed by atoms with van der Waals surface area (Å²) < 4.78 is 16.9. The molecule has 33 heavy (non-hydrogen) atoms. The van der Waals surface area contributed by atoms with Crippen molar-refractivity contribution in [1.29, 1.82) is 0 Å². The Labute approximate surface area is 198 Å². The minimum absolute atomic E-state index is 0.0307. The summed E-state index contributed by atoms with van der Waals surface area (Å²) >= 11 is 0. The highest BCUT2D eigenvalue weighted by atomic mass is 16.6. The second-order valence-corrected chi connectivity index (χ2v) is 9.92. The summed E-state index contributed by atoms with van der Waals surface area (Å²) in [6.07, 6.45) is 5.48. The van der Waals surface area contributed by atoms with E-state index in [4.69, 9.17) is 14.2 Å². The van der Waals surface area contributed by atoms with Crippen molar-refractivity contribution in [3.8, 4) is 5.75 Å². The average molecular weight is 464 g/mol. The van der Waals surface area contributed by atoms with Crippen LogP contribution in [0, 0.1) is 5.41 Å². The number of ether oxygens (including phenoxy) is 3. The van der Waals surface area contributed by atoms with E-state index in [2.05, 4.69) is 20.8 Å². The highest BCUT2D eigenvalue weighted by molar-refractivity contribution is 5.72. The minimum Gasteiger partial charge on any atom is -0.492 e. The van der Waals surface area contributed by atoms with Crippen LogP contribution in [0.3, 0.4) is 0 Å². The van der Waals surface area contributed by atoms with Gasteiger partial charge in [-0.1, -0.05) is 39.3 Å². The van der Waals surface area contributed by atoms with E-state index < -0.39 is 12.1 Å². The summed E-state index contributed by atoms with van der Waals surface area (Å²) in [6, 6.07) is 7.33. The van der Waals surface area contributed by atoms with E-state index >= 15 is 0 Å². The molecule has 0 heterocycles. The first-order valence-corrected chi connectivity index (χ1v) is 12.2. The molecule has 1 saturated carbocycles. The number of carboxylic acid groups (broad SMARTS) is 1. The number of amides is 1. The van der Waals surface area contributed by atoms with Gasteiger partial charge < -0.3 is 24.2 Å². The molecular weight excluding hydrogens is 422 g/mol. The number of benzene rings is 1. The minimum atomic E-state index is -0.965. The predicted octanol–water partition coefficient (Wildman–Crippen LogP) is 5.31. The van der Waals surface area contributed by atoms with Gasteiger partial charge in [0.2, 0.25) is 0 Å². The Bertz CT molecular complexity index is 721. The topological polar surface area (TPSA) is 85.3 Å². The predicted molar refractivity (Wildman–Crippen MR) is 128 cm³/mol. The number of hydrogen-bond acceptors (Lipinski definition) is 5. The maximum atomic E-state index is 12.8. The number of carbonyl (C=O) groups is 2. The molecule has 0 aromatic heterocycles. The fraction of sp³-hybridized carbons (Fsp3) is 0.692. The molecule has 0 radical (unpaired) electrons. The van der Waals surface area contributed by atoms with Gasteiger partial charge in [-0.3, -0.25) is 0 Å². The van der Waals surface area contributed by atoms with Crippen LogP contribution in [-0.2, 0) is 20.7 Å². The molecule has 7 nitrogen and oxygen atoms in total. The molecule has 0 aliphatic heterocycles. The third-order valence-electron chi connectivity index (χ3n) is 5.83. The van der Waals surface area contributed by atoms with Crippen molar-refractivity contribution in [2.75, 3.05) is 26.3 Å². The number of hydrogen-bond donors (Lipinski definition) is 1. The smallest absolute Gasteiger partial charge is 0.410 e. The third-order valence-corrected chi connectivity index (χ3v) is 5.83. The third kappa shape index (κ3) is 10.5. The van der Waals surface area contributed by atoms with Crippen molar-refractivity contribution >= 4 is 12.1 Å². The van der Waals surface area contributed by atoms with Gasteiger partial charge in [0.05, 0.1) is 6.54 Å². The molecule has 1 unspecified atom stereocenters. The van der Waals surface area contributed by atoms with Crippen LogP contribution in [0.4, 0.5) is 4.79 Å². The van der Waals surface area contributed by atoms with Crippen molar-refractivity contribution in [3.05, 3.63) is 29.8 Å². The Morgan fingerprint density at radius 3 is 2.33 bits per heavy atom. The molecule has 1 fully saturated rings. The molecule has 1 aliphatic carbocycles. The van der Waals surface area contributed by atoms with E-state index in [-0.39, 0.29) is 17.6 Å². The molecule has 1 aromatic rings. The summed E-state index contributed by atoms with van der Waals surface area (Å²) in [5, 5.41) is 9.24. The van der Waals surface area contributed by atoms with Gasteiger partial charge in [-0.05, 0) is 62.1 Å². The first kappa shape index (κ1) is 27.0. The molecule has 186 valence electrons. The molecule has 2 rings (SSSR count). The van der Waals surface area contributed by atoms with Crippen molar-refractivity contribution in [2.24, 2.45) is 5.41 Å². The number of nitrogens with zero attached hydrogens (tertiary/aromatic N) is 1. The Hall–Kier alpha value is -2.28. The number of carbonyl (C=O) groups excluding carboxylic acids is 1.